The maximum absolute atomic E-state index is 12.4. The highest BCUT2D eigenvalue weighted by atomic mass is 32.1. The monoisotopic (exact) mass is 386 g/mol. The Kier molecular flexibility index (Phi) is 6.58. The van der Waals surface area contributed by atoms with Gasteiger partial charge in [0.05, 0.1) is 12.2 Å². The molecule has 2 heterocycles. The molecule has 0 spiro atoms. The van der Waals surface area contributed by atoms with Crippen molar-refractivity contribution >= 4 is 28.3 Å². The number of carbonyl (C=O) groups excluding carboxylic acids is 2. The molecule has 0 aliphatic carbocycles. The van der Waals surface area contributed by atoms with Gasteiger partial charge >= 0.3 is 0 Å². The van der Waals surface area contributed by atoms with Crippen LogP contribution in [0.5, 0.6) is 0 Å². The third kappa shape index (κ3) is 5.87. The van der Waals surface area contributed by atoms with E-state index in [2.05, 4.69) is 39.6 Å². The number of carbonyl (C=O) groups is 2. The van der Waals surface area contributed by atoms with E-state index >= 15 is 0 Å². The molecule has 7 heteroatoms. The molecule has 1 aliphatic rings. The molecule has 1 unspecified atom stereocenters. The topological polar surface area (TPSA) is 74.3 Å². The third-order valence-corrected chi connectivity index (χ3v) is 5.47. The molecule has 2 aromatic rings. The van der Waals surface area contributed by atoms with Crippen LogP contribution in [0.4, 0.5) is 5.13 Å². The quantitative estimate of drug-likeness (QED) is 0.801. The van der Waals surface area contributed by atoms with Crippen molar-refractivity contribution in [3.05, 3.63) is 35.2 Å². The Labute approximate surface area is 164 Å². The number of nitrogens with one attached hydrogen (secondary N) is 2. The van der Waals surface area contributed by atoms with Gasteiger partial charge in [-0.2, -0.15) is 0 Å². The zero-order valence-electron chi connectivity index (χ0n) is 15.8. The molecule has 0 radical (unpaired) electrons. The third-order valence-electron chi connectivity index (χ3n) is 4.71. The number of piperidine rings is 1. The highest BCUT2D eigenvalue weighted by Gasteiger charge is 2.22. The fourth-order valence-electron chi connectivity index (χ4n) is 3.30. The van der Waals surface area contributed by atoms with Crippen LogP contribution in [0, 0.1) is 12.8 Å². The molecule has 1 aromatic heterocycles. The zero-order chi connectivity index (χ0) is 19.2. The molecule has 1 saturated heterocycles. The number of benzene rings is 1. The SMILES string of the molecule is CC(=O)NCC1CCCN(CC(=O)Nc2nc(-c3ccc(C)cc3)cs2)C1. The average Bonchev–Trinajstić information content (AvgIpc) is 3.09. The van der Waals surface area contributed by atoms with Gasteiger partial charge in [-0.3, -0.25) is 14.5 Å². The smallest absolute Gasteiger partial charge is 0.240 e. The zero-order valence-corrected chi connectivity index (χ0v) is 16.6. The standard InChI is InChI=1S/C20H26N4O2S/c1-14-5-7-17(8-6-14)18-13-27-20(22-18)23-19(26)12-24-9-3-4-16(11-24)10-21-15(2)25/h5-8,13,16H,3-4,9-12H2,1-2H3,(H,21,25)(H,22,23,26). The Morgan fingerprint density at radius 1 is 1.30 bits per heavy atom. The van der Waals surface area contributed by atoms with Gasteiger partial charge in [0.2, 0.25) is 11.8 Å². The van der Waals surface area contributed by atoms with Crippen molar-refractivity contribution < 1.29 is 9.59 Å². The van der Waals surface area contributed by atoms with Gasteiger partial charge in [0.1, 0.15) is 0 Å². The lowest BCUT2D eigenvalue weighted by atomic mass is 9.98. The lowest BCUT2D eigenvalue weighted by Crippen LogP contribution is -2.43. The first-order chi connectivity index (χ1) is 13.0. The van der Waals surface area contributed by atoms with Gasteiger partial charge < -0.3 is 10.6 Å². The van der Waals surface area contributed by atoms with E-state index in [1.165, 1.54) is 23.8 Å². The number of amides is 2. The van der Waals surface area contributed by atoms with E-state index in [0.717, 1.165) is 37.2 Å². The molecular weight excluding hydrogens is 360 g/mol. The minimum atomic E-state index is -0.0417. The summed E-state index contributed by atoms with van der Waals surface area (Å²) in [6.07, 6.45) is 2.14. The van der Waals surface area contributed by atoms with Crippen molar-refractivity contribution in [3.63, 3.8) is 0 Å². The Balaban J connectivity index is 1.50. The first kappa shape index (κ1) is 19.5. The van der Waals surface area contributed by atoms with Gasteiger partial charge in [-0.1, -0.05) is 29.8 Å². The molecule has 2 amide bonds. The Morgan fingerprint density at radius 3 is 2.81 bits per heavy atom. The minimum absolute atomic E-state index is 0.00184. The molecule has 27 heavy (non-hydrogen) atoms. The number of nitrogens with zero attached hydrogens (tertiary/aromatic N) is 2. The van der Waals surface area contributed by atoms with Gasteiger partial charge in [0.25, 0.3) is 0 Å². The van der Waals surface area contributed by atoms with Crippen LogP contribution in [-0.2, 0) is 9.59 Å². The molecule has 2 N–H and O–H groups in total. The first-order valence-corrected chi connectivity index (χ1v) is 10.2. The van der Waals surface area contributed by atoms with Crippen LogP contribution in [-0.4, -0.2) is 47.9 Å². The van der Waals surface area contributed by atoms with E-state index in [1.807, 2.05) is 17.5 Å². The number of aromatic nitrogens is 1. The molecule has 1 aromatic carbocycles. The van der Waals surface area contributed by atoms with E-state index in [1.54, 1.807) is 0 Å². The van der Waals surface area contributed by atoms with Crippen LogP contribution in [0.3, 0.4) is 0 Å². The molecule has 1 aliphatic heterocycles. The van der Waals surface area contributed by atoms with E-state index < -0.39 is 0 Å². The fourth-order valence-corrected chi connectivity index (χ4v) is 4.04. The molecule has 0 bridgehead atoms. The first-order valence-electron chi connectivity index (χ1n) is 9.29. The fraction of sp³-hybridized carbons (Fsp3) is 0.450. The number of hydrogen-bond acceptors (Lipinski definition) is 5. The highest BCUT2D eigenvalue weighted by molar-refractivity contribution is 7.14. The normalized spacial score (nSPS) is 17.5. The number of hydrogen-bond donors (Lipinski definition) is 2. The summed E-state index contributed by atoms with van der Waals surface area (Å²) in [4.78, 5) is 30.1. The van der Waals surface area contributed by atoms with Crippen LogP contribution in [0.25, 0.3) is 11.3 Å². The van der Waals surface area contributed by atoms with Gasteiger partial charge in [0.15, 0.2) is 5.13 Å². The van der Waals surface area contributed by atoms with Crippen molar-refractivity contribution in [1.29, 1.82) is 0 Å². The predicted molar refractivity (Wildman–Crippen MR) is 109 cm³/mol. The maximum Gasteiger partial charge on any atom is 0.240 e. The van der Waals surface area contributed by atoms with Crippen LogP contribution in [0.1, 0.15) is 25.3 Å². The van der Waals surface area contributed by atoms with Crippen molar-refractivity contribution in [1.82, 2.24) is 15.2 Å². The second-order valence-corrected chi connectivity index (χ2v) is 7.99. The lowest BCUT2D eigenvalue weighted by Gasteiger charge is -2.32. The summed E-state index contributed by atoms with van der Waals surface area (Å²) in [5.74, 6) is 0.362. The summed E-state index contributed by atoms with van der Waals surface area (Å²) in [7, 11) is 0. The predicted octanol–water partition coefficient (Wildman–Crippen LogP) is 2.91. The molecule has 3 rings (SSSR count). The number of anilines is 1. The Morgan fingerprint density at radius 2 is 2.07 bits per heavy atom. The number of rotatable bonds is 6. The summed E-state index contributed by atoms with van der Waals surface area (Å²) in [5.41, 5.74) is 3.14. The van der Waals surface area contributed by atoms with Crippen molar-refractivity contribution in [2.75, 3.05) is 31.5 Å². The highest BCUT2D eigenvalue weighted by Crippen LogP contribution is 2.25. The number of likely N-dealkylation sites (tertiary alicyclic amines) is 1. The molecule has 1 atom stereocenters. The average molecular weight is 387 g/mol. The molecule has 144 valence electrons. The summed E-state index contributed by atoms with van der Waals surface area (Å²) in [6, 6.07) is 8.19. The van der Waals surface area contributed by atoms with Gasteiger partial charge in [0, 0.05) is 31.0 Å². The second-order valence-electron chi connectivity index (χ2n) is 7.13. The van der Waals surface area contributed by atoms with Crippen molar-refractivity contribution in [2.45, 2.75) is 26.7 Å². The maximum atomic E-state index is 12.4. The van der Waals surface area contributed by atoms with E-state index in [9.17, 15) is 9.59 Å². The summed E-state index contributed by atoms with van der Waals surface area (Å²) >= 11 is 1.44. The second kappa shape index (κ2) is 9.10. The van der Waals surface area contributed by atoms with Gasteiger partial charge in [-0.05, 0) is 32.2 Å². The van der Waals surface area contributed by atoms with Crippen LogP contribution in [0.2, 0.25) is 0 Å². The van der Waals surface area contributed by atoms with E-state index in [4.69, 9.17) is 0 Å². The summed E-state index contributed by atoms with van der Waals surface area (Å²) < 4.78 is 0. The largest absolute Gasteiger partial charge is 0.356 e. The summed E-state index contributed by atoms with van der Waals surface area (Å²) in [6.45, 7) is 6.37. The minimum Gasteiger partial charge on any atom is -0.356 e. The van der Waals surface area contributed by atoms with Crippen LogP contribution < -0.4 is 10.6 Å². The molecular formula is C20H26N4O2S. The van der Waals surface area contributed by atoms with Crippen LogP contribution in [0.15, 0.2) is 29.6 Å². The van der Waals surface area contributed by atoms with Crippen LogP contribution >= 0.6 is 11.3 Å². The molecule has 6 nitrogen and oxygen atoms in total. The van der Waals surface area contributed by atoms with Gasteiger partial charge in [-0.25, -0.2) is 4.98 Å². The Bertz CT molecular complexity index is 788. The van der Waals surface area contributed by atoms with Gasteiger partial charge in [-0.15, -0.1) is 11.3 Å². The van der Waals surface area contributed by atoms with Crippen molar-refractivity contribution in [2.24, 2.45) is 5.92 Å². The Hall–Kier alpha value is -2.25. The van der Waals surface area contributed by atoms with Crippen molar-refractivity contribution in [3.8, 4) is 11.3 Å². The van der Waals surface area contributed by atoms with E-state index in [0.29, 0.717) is 24.1 Å². The number of thiazole rings is 1. The lowest BCUT2D eigenvalue weighted by molar-refractivity contribution is -0.120. The molecule has 1 fully saturated rings. The number of aryl methyl sites for hydroxylation is 1. The van der Waals surface area contributed by atoms with E-state index in [-0.39, 0.29) is 11.8 Å². The molecule has 0 saturated carbocycles. The summed E-state index contributed by atoms with van der Waals surface area (Å²) in [5, 5.41) is 8.38.